The Labute approximate surface area is 247 Å². The molecule has 1 N–H and O–H groups in total. The number of amides is 2. The molecule has 0 fully saturated rings. The molecule has 42 heavy (non-hydrogen) atoms. The van der Waals surface area contributed by atoms with Crippen LogP contribution in [0.1, 0.15) is 30.0 Å². The number of hydrogen-bond acceptors (Lipinski definition) is 4. The second-order valence-electron chi connectivity index (χ2n) is 9.54. The van der Waals surface area contributed by atoms with Crippen LogP contribution in [0, 0.1) is 5.82 Å². The number of halogens is 5. The van der Waals surface area contributed by atoms with Gasteiger partial charge < -0.3 is 10.2 Å². The van der Waals surface area contributed by atoms with Crippen molar-refractivity contribution in [2.24, 2.45) is 0 Å². The van der Waals surface area contributed by atoms with E-state index < -0.39 is 64.2 Å². The summed E-state index contributed by atoms with van der Waals surface area (Å²) in [5, 5.41) is 2.39. The van der Waals surface area contributed by atoms with Gasteiger partial charge in [-0.05, 0) is 36.2 Å². The van der Waals surface area contributed by atoms with Crippen LogP contribution in [0.2, 0.25) is 5.02 Å². The fourth-order valence-electron chi connectivity index (χ4n) is 4.20. The molecule has 226 valence electrons. The van der Waals surface area contributed by atoms with Gasteiger partial charge in [0.05, 0.1) is 22.5 Å². The van der Waals surface area contributed by atoms with E-state index in [0.717, 1.165) is 11.0 Å². The number of benzene rings is 3. The molecular formula is C29H30ClF4N3O4S. The molecule has 0 saturated carbocycles. The number of anilines is 1. The molecule has 0 aromatic heterocycles. The molecule has 13 heteroatoms. The van der Waals surface area contributed by atoms with Gasteiger partial charge in [0.1, 0.15) is 18.4 Å². The van der Waals surface area contributed by atoms with Crippen LogP contribution >= 0.6 is 11.6 Å². The van der Waals surface area contributed by atoms with Crippen LogP contribution < -0.4 is 9.62 Å². The van der Waals surface area contributed by atoms with Crippen LogP contribution in [0.3, 0.4) is 0 Å². The molecule has 0 bridgehead atoms. The van der Waals surface area contributed by atoms with Crippen molar-refractivity contribution in [1.29, 1.82) is 0 Å². The molecule has 1 atom stereocenters. The molecule has 3 aromatic rings. The van der Waals surface area contributed by atoms with Gasteiger partial charge in [0, 0.05) is 25.1 Å². The number of rotatable bonds is 12. The Kier molecular flexibility index (Phi) is 11.0. The van der Waals surface area contributed by atoms with E-state index in [0.29, 0.717) is 34.7 Å². The number of carbonyl (C=O) groups excluding carboxylic acids is 2. The monoisotopic (exact) mass is 627 g/mol. The highest BCUT2D eigenvalue weighted by molar-refractivity contribution is 7.92. The Morgan fingerprint density at radius 3 is 2.24 bits per heavy atom. The van der Waals surface area contributed by atoms with Gasteiger partial charge in [-0.3, -0.25) is 13.9 Å². The van der Waals surface area contributed by atoms with Crippen molar-refractivity contribution in [2.45, 2.75) is 38.5 Å². The summed E-state index contributed by atoms with van der Waals surface area (Å²) >= 11 is 6.13. The van der Waals surface area contributed by atoms with E-state index in [1.807, 2.05) is 6.92 Å². The van der Waals surface area contributed by atoms with Crippen molar-refractivity contribution in [2.75, 3.05) is 23.7 Å². The van der Waals surface area contributed by atoms with Gasteiger partial charge in [-0.25, -0.2) is 12.8 Å². The topological polar surface area (TPSA) is 86.8 Å². The molecule has 3 aromatic carbocycles. The molecule has 1 unspecified atom stereocenters. The minimum atomic E-state index is -4.82. The van der Waals surface area contributed by atoms with Crippen molar-refractivity contribution < 1.29 is 35.6 Å². The normalized spacial score (nSPS) is 12.5. The average Bonchev–Trinajstić information content (AvgIpc) is 2.93. The van der Waals surface area contributed by atoms with E-state index in [4.69, 9.17) is 11.6 Å². The smallest absolute Gasteiger partial charge is 0.354 e. The maximum Gasteiger partial charge on any atom is 0.416 e. The van der Waals surface area contributed by atoms with E-state index in [2.05, 4.69) is 5.32 Å². The van der Waals surface area contributed by atoms with Gasteiger partial charge in [-0.1, -0.05) is 67.1 Å². The first-order chi connectivity index (χ1) is 19.7. The molecule has 7 nitrogen and oxygen atoms in total. The molecule has 0 aliphatic carbocycles. The van der Waals surface area contributed by atoms with Crippen LogP contribution in [0.15, 0.2) is 72.8 Å². The van der Waals surface area contributed by atoms with Crippen molar-refractivity contribution in [1.82, 2.24) is 10.2 Å². The molecular weight excluding hydrogens is 598 g/mol. The van der Waals surface area contributed by atoms with Crippen molar-refractivity contribution in [3.8, 4) is 0 Å². The second-order valence-corrected chi connectivity index (χ2v) is 11.9. The Bertz CT molecular complexity index is 1500. The standard InChI is InChI=1S/C29H30ClF4N3O4S/c1-3-15-35-28(39)26(16-20-9-5-4-6-10-20)36(18-21-11-7-8-12-24(21)31)27(38)19-37(42(2,40)41)25-17-22(29(32,33)34)13-14-23(25)30/h4-14,17,26H,3,15-16,18-19H2,1-2H3,(H,35,39). The summed E-state index contributed by atoms with van der Waals surface area (Å²) < 4.78 is 81.3. The highest BCUT2D eigenvalue weighted by atomic mass is 35.5. The number of alkyl halides is 3. The van der Waals surface area contributed by atoms with Crippen molar-refractivity contribution in [3.05, 3.63) is 100 Å². The number of hydrogen-bond donors (Lipinski definition) is 1. The fraction of sp³-hybridized carbons (Fsp3) is 0.310. The largest absolute Gasteiger partial charge is 0.416 e. The van der Waals surface area contributed by atoms with Crippen LogP contribution in [0.25, 0.3) is 0 Å². The summed E-state index contributed by atoms with van der Waals surface area (Å²) in [7, 11) is -4.37. The van der Waals surface area contributed by atoms with Gasteiger partial charge in [0.25, 0.3) is 0 Å². The predicted octanol–water partition coefficient (Wildman–Crippen LogP) is 5.43. The molecule has 0 saturated heterocycles. The Balaban J connectivity index is 2.11. The lowest BCUT2D eigenvalue weighted by atomic mass is 10.0. The molecule has 0 aliphatic heterocycles. The second kappa shape index (κ2) is 14.0. The minimum absolute atomic E-state index is 0.000228. The number of sulfonamides is 1. The summed E-state index contributed by atoms with van der Waals surface area (Å²) in [6, 6.07) is 15.2. The zero-order valence-corrected chi connectivity index (χ0v) is 24.4. The third kappa shape index (κ3) is 8.68. The first-order valence-corrected chi connectivity index (χ1v) is 15.1. The molecule has 3 rings (SSSR count). The zero-order chi connectivity index (χ0) is 31.1. The van der Waals surface area contributed by atoms with Crippen LogP contribution in [-0.4, -0.2) is 50.5 Å². The van der Waals surface area contributed by atoms with Gasteiger partial charge >= 0.3 is 6.18 Å². The maximum absolute atomic E-state index is 14.8. The van der Waals surface area contributed by atoms with E-state index in [9.17, 15) is 35.6 Å². The quantitative estimate of drug-likeness (QED) is 0.271. The number of carbonyl (C=O) groups is 2. The van der Waals surface area contributed by atoms with E-state index in [1.54, 1.807) is 30.3 Å². The molecule has 0 aliphatic rings. The van der Waals surface area contributed by atoms with Crippen LogP contribution in [0.4, 0.5) is 23.2 Å². The molecule has 0 radical (unpaired) electrons. The summed E-state index contributed by atoms with van der Waals surface area (Å²) in [5.74, 6) is -2.18. The van der Waals surface area contributed by atoms with Gasteiger partial charge in [0.15, 0.2) is 0 Å². The molecule has 0 heterocycles. The Morgan fingerprint density at radius 1 is 1.00 bits per heavy atom. The highest BCUT2D eigenvalue weighted by Crippen LogP contribution is 2.36. The van der Waals surface area contributed by atoms with E-state index in [1.165, 1.54) is 24.3 Å². The van der Waals surface area contributed by atoms with Crippen LogP contribution in [-0.2, 0) is 38.8 Å². The number of nitrogens with zero attached hydrogens (tertiary/aromatic N) is 2. The van der Waals surface area contributed by atoms with Gasteiger partial charge in [-0.2, -0.15) is 13.2 Å². The SMILES string of the molecule is CCCNC(=O)C(Cc1ccccc1)N(Cc1ccccc1F)C(=O)CN(c1cc(C(F)(F)F)ccc1Cl)S(C)(=O)=O. The lowest BCUT2D eigenvalue weighted by Crippen LogP contribution is -2.53. The third-order valence-corrected chi connectivity index (χ3v) is 7.79. The Morgan fingerprint density at radius 2 is 1.64 bits per heavy atom. The van der Waals surface area contributed by atoms with E-state index in [-0.39, 0.29) is 23.6 Å². The summed E-state index contributed by atoms with van der Waals surface area (Å²) in [6.45, 7) is 0.690. The third-order valence-electron chi connectivity index (χ3n) is 6.34. The minimum Gasteiger partial charge on any atom is -0.354 e. The lowest BCUT2D eigenvalue weighted by Gasteiger charge is -2.33. The van der Waals surface area contributed by atoms with E-state index >= 15 is 0 Å². The average molecular weight is 628 g/mol. The maximum atomic E-state index is 14.8. The first-order valence-electron chi connectivity index (χ1n) is 12.9. The van der Waals surface area contributed by atoms with Crippen LogP contribution in [0.5, 0.6) is 0 Å². The van der Waals surface area contributed by atoms with Crippen molar-refractivity contribution in [3.63, 3.8) is 0 Å². The van der Waals surface area contributed by atoms with Gasteiger partial charge in [0.2, 0.25) is 21.8 Å². The van der Waals surface area contributed by atoms with Gasteiger partial charge in [-0.15, -0.1) is 0 Å². The Hall–Kier alpha value is -3.64. The predicted molar refractivity (Wildman–Crippen MR) is 153 cm³/mol. The number of nitrogens with one attached hydrogen (secondary N) is 1. The zero-order valence-electron chi connectivity index (χ0n) is 22.9. The summed E-state index contributed by atoms with van der Waals surface area (Å²) in [6.07, 6.45) is -3.52. The summed E-state index contributed by atoms with van der Waals surface area (Å²) in [4.78, 5) is 28.4. The summed E-state index contributed by atoms with van der Waals surface area (Å²) in [5.41, 5.74) is -1.02. The molecule has 2 amide bonds. The van der Waals surface area contributed by atoms with Crippen molar-refractivity contribution >= 4 is 39.1 Å². The molecule has 0 spiro atoms. The first kappa shape index (κ1) is 32.9. The highest BCUT2D eigenvalue weighted by Gasteiger charge is 2.36. The fourth-order valence-corrected chi connectivity index (χ4v) is 5.33. The lowest BCUT2D eigenvalue weighted by molar-refractivity contribution is -0.140.